The van der Waals surface area contributed by atoms with Crippen molar-refractivity contribution in [1.29, 1.82) is 0 Å². The molecule has 1 aromatic heterocycles. The van der Waals surface area contributed by atoms with Gasteiger partial charge in [0.15, 0.2) is 5.69 Å². The largest absolute Gasteiger partial charge is 0.431 e. The Morgan fingerprint density at radius 3 is 2.47 bits per heavy atom. The van der Waals surface area contributed by atoms with Crippen LogP contribution in [0.2, 0.25) is 0 Å². The molecule has 0 bridgehead atoms. The SMILES string of the molecule is Cc1cc(C(=O)N2N(Cc3ccccc3-c3ccccc3)C(=O)OC23CCCCC3)no1. The Balaban J connectivity index is 1.54. The maximum Gasteiger partial charge on any atom is 0.431 e. The topological polar surface area (TPSA) is 75.9 Å². The van der Waals surface area contributed by atoms with E-state index in [-0.39, 0.29) is 18.1 Å². The molecular weight excluding hydrogens is 406 g/mol. The minimum absolute atomic E-state index is 0.173. The van der Waals surface area contributed by atoms with Gasteiger partial charge in [-0.05, 0) is 36.5 Å². The number of benzene rings is 2. The summed E-state index contributed by atoms with van der Waals surface area (Å²) in [6.45, 7) is 1.95. The van der Waals surface area contributed by atoms with Crippen LogP contribution in [0.3, 0.4) is 0 Å². The van der Waals surface area contributed by atoms with Gasteiger partial charge in [-0.25, -0.2) is 9.80 Å². The predicted octanol–water partition coefficient (Wildman–Crippen LogP) is 5.32. The Labute approximate surface area is 186 Å². The molecule has 0 N–H and O–H groups in total. The number of aromatic nitrogens is 1. The monoisotopic (exact) mass is 431 g/mol. The highest BCUT2D eigenvalue weighted by Crippen LogP contribution is 2.42. The van der Waals surface area contributed by atoms with Crippen LogP contribution < -0.4 is 0 Å². The quantitative estimate of drug-likeness (QED) is 0.559. The van der Waals surface area contributed by atoms with E-state index in [2.05, 4.69) is 5.16 Å². The number of rotatable bonds is 4. The van der Waals surface area contributed by atoms with Crippen LogP contribution in [-0.2, 0) is 11.3 Å². The second-order valence-corrected chi connectivity index (χ2v) is 8.40. The molecule has 1 saturated carbocycles. The average molecular weight is 431 g/mol. The highest BCUT2D eigenvalue weighted by atomic mass is 16.6. The zero-order chi connectivity index (χ0) is 22.1. The lowest BCUT2D eigenvalue weighted by Crippen LogP contribution is -2.54. The van der Waals surface area contributed by atoms with Crippen LogP contribution in [0.4, 0.5) is 4.79 Å². The highest BCUT2D eigenvalue weighted by Gasteiger charge is 2.55. The Bertz CT molecular complexity index is 1130. The van der Waals surface area contributed by atoms with Crippen molar-refractivity contribution in [2.24, 2.45) is 0 Å². The van der Waals surface area contributed by atoms with Crippen LogP contribution in [0.5, 0.6) is 0 Å². The molecule has 2 amide bonds. The lowest BCUT2D eigenvalue weighted by Gasteiger charge is -2.39. The van der Waals surface area contributed by atoms with E-state index in [9.17, 15) is 9.59 Å². The summed E-state index contributed by atoms with van der Waals surface area (Å²) >= 11 is 0. The van der Waals surface area contributed by atoms with Crippen molar-refractivity contribution in [2.75, 3.05) is 0 Å². The number of aryl methyl sites for hydroxylation is 1. The number of ether oxygens (including phenoxy) is 1. The smallest absolute Gasteiger partial charge is 0.419 e. The van der Waals surface area contributed by atoms with Gasteiger partial charge in [0.1, 0.15) is 5.76 Å². The summed E-state index contributed by atoms with van der Waals surface area (Å²) in [6, 6.07) is 19.5. The molecule has 0 radical (unpaired) electrons. The number of hydrogen-bond donors (Lipinski definition) is 0. The van der Waals surface area contributed by atoms with Crippen molar-refractivity contribution in [2.45, 2.75) is 51.3 Å². The molecule has 32 heavy (non-hydrogen) atoms. The maximum absolute atomic E-state index is 13.6. The molecule has 1 aliphatic carbocycles. The minimum Gasteiger partial charge on any atom is -0.419 e. The molecule has 0 unspecified atom stereocenters. The lowest BCUT2D eigenvalue weighted by atomic mass is 9.91. The number of carbonyl (C=O) groups is 2. The van der Waals surface area contributed by atoms with Crippen molar-refractivity contribution >= 4 is 12.0 Å². The van der Waals surface area contributed by atoms with Crippen LogP contribution in [0.1, 0.15) is 53.9 Å². The fourth-order valence-corrected chi connectivity index (χ4v) is 4.70. The standard InChI is InChI=1S/C25H25N3O4/c1-18-16-22(26-32-18)23(29)28-25(14-8-3-9-15-25)31-24(30)27(28)17-20-12-6-7-13-21(20)19-10-4-2-5-11-19/h2,4-7,10-13,16H,3,8-9,14-15,17H2,1H3. The molecule has 1 spiro atoms. The maximum atomic E-state index is 13.6. The lowest BCUT2D eigenvalue weighted by molar-refractivity contribution is -0.106. The number of nitrogens with zero attached hydrogens (tertiary/aromatic N) is 3. The first kappa shape index (κ1) is 20.3. The zero-order valence-corrected chi connectivity index (χ0v) is 18.0. The summed E-state index contributed by atoms with van der Waals surface area (Å²) in [5.41, 5.74) is 2.19. The van der Waals surface area contributed by atoms with E-state index < -0.39 is 11.8 Å². The van der Waals surface area contributed by atoms with E-state index in [0.717, 1.165) is 36.0 Å². The van der Waals surface area contributed by atoms with E-state index in [1.54, 1.807) is 13.0 Å². The molecular formula is C25H25N3O4. The Morgan fingerprint density at radius 2 is 1.75 bits per heavy atom. The third-order valence-corrected chi connectivity index (χ3v) is 6.21. The van der Waals surface area contributed by atoms with Crippen molar-refractivity contribution in [3.8, 4) is 11.1 Å². The fourth-order valence-electron chi connectivity index (χ4n) is 4.70. The van der Waals surface area contributed by atoms with Crippen molar-refractivity contribution in [1.82, 2.24) is 15.2 Å². The first-order valence-corrected chi connectivity index (χ1v) is 11.0. The van der Waals surface area contributed by atoms with Gasteiger partial charge in [0.2, 0.25) is 5.72 Å². The van der Waals surface area contributed by atoms with Gasteiger partial charge in [0, 0.05) is 18.9 Å². The highest BCUT2D eigenvalue weighted by molar-refractivity contribution is 5.94. The van der Waals surface area contributed by atoms with Gasteiger partial charge in [0.25, 0.3) is 5.91 Å². The number of amides is 2. The number of hydrazine groups is 1. The molecule has 0 atom stereocenters. The van der Waals surface area contributed by atoms with Crippen LogP contribution in [0, 0.1) is 6.92 Å². The molecule has 164 valence electrons. The Kier molecular flexibility index (Phi) is 5.17. The van der Waals surface area contributed by atoms with E-state index in [1.807, 2.05) is 54.6 Å². The third-order valence-electron chi connectivity index (χ3n) is 6.21. The molecule has 2 heterocycles. The van der Waals surface area contributed by atoms with Crippen molar-refractivity contribution < 1.29 is 18.8 Å². The van der Waals surface area contributed by atoms with Crippen LogP contribution in [0.25, 0.3) is 11.1 Å². The normalized spacial score (nSPS) is 17.6. The summed E-state index contributed by atoms with van der Waals surface area (Å²) in [6.07, 6.45) is 3.55. The van der Waals surface area contributed by atoms with E-state index in [4.69, 9.17) is 9.26 Å². The zero-order valence-electron chi connectivity index (χ0n) is 18.0. The molecule has 1 saturated heterocycles. The molecule has 7 nitrogen and oxygen atoms in total. The average Bonchev–Trinajstić information content (AvgIpc) is 3.36. The summed E-state index contributed by atoms with van der Waals surface area (Å²) in [4.78, 5) is 26.7. The Hall–Kier alpha value is -3.61. The second-order valence-electron chi connectivity index (χ2n) is 8.40. The summed E-state index contributed by atoms with van der Waals surface area (Å²) < 4.78 is 11.1. The van der Waals surface area contributed by atoms with Gasteiger partial charge in [-0.1, -0.05) is 66.2 Å². The molecule has 5 rings (SSSR count). The van der Waals surface area contributed by atoms with Crippen LogP contribution in [0.15, 0.2) is 65.2 Å². The summed E-state index contributed by atoms with van der Waals surface area (Å²) in [7, 11) is 0. The molecule has 2 aliphatic rings. The molecule has 2 aromatic carbocycles. The van der Waals surface area contributed by atoms with E-state index >= 15 is 0 Å². The number of carbonyl (C=O) groups excluding carboxylic acids is 2. The van der Waals surface area contributed by atoms with Gasteiger partial charge in [-0.15, -0.1) is 0 Å². The fraction of sp³-hybridized carbons (Fsp3) is 0.320. The first-order chi connectivity index (χ1) is 15.6. The van der Waals surface area contributed by atoms with Gasteiger partial charge in [-0.2, -0.15) is 5.01 Å². The van der Waals surface area contributed by atoms with E-state index in [1.165, 1.54) is 10.0 Å². The van der Waals surface area contributed by atoms with Gasteiger partial charge in [0.05, 0.1) is 6.54 Å². The summed E-state index contributed by atoms with van der Waals surface area (Å²) in [5, 5.41) is 6.83. The van der Waals surface area contributed by atoms with Gasteiger partial charge < -0.3 is 9.26 Å². The Morgan fingerprint density at radius 1 is 1.03 bits per heavy atom. The molecule has 7 heteroatoms. The molecule has 2 fully saturated rings. The van der Waals surface area contributed by atoms with Crippen LogP contribution in [-0.4, -0.2) is 32.9 Å². The van der Waals surface area contributed by atoms with Crippen molar-refractivity contribution in [3.05, 3.63) is 77.7 Å². The number of hydrogen-bond acceptors (Lipinski definition) is 5. The predicted molar refractivity (Wildman–Crippen MR) is 117 cm³/mol. The first-order valence-electron chi connectivity index (χ1n) is 11.0. The second kappa shape index (κ2) is 8.15. The van der Waals surface area contributed by atoms with Crippen LogP contribution >= 0.6 is 0 Å². The minimum atomic E-state index is -0.971. The van der Waals surface area contributed by atoms with E-state index in [0.29, 0.717) is 18.6 Å². The van der Waals surface area contributed by atoms with Gasteiger partial charge >= 0.3 is 6.09 Å². The molecule has 1 aliphatic heterocycles. The van der Waals surface area contributed by atoms with Gasteiger partial charge in [-0.3, -0.25) is 4.79 Å². The summed E-state index contributed by atoms with van der Waals surface area (Å²) in [5.74, 6) is 0.158. The van der Waals surface area contributed by atoms with Crippen molar-refractivity contribution in [3.63, 3.8) is 0 Å². The molecule has 3 aromatic rings. The third kappa shape index (κ3) is 3.53.